The monoisotopic (exact) mass is 293 g/mol. The van der Waals surface area contributed by atoms with E-state index in [1.807, 2.05) is 12.1 Å². The molecule has 106 valence electrons. The third-order valence-electron chi connectivity index (χ3n) is 2.71. The van der Waals surface area contributed by atoms with Crippen molar-refractivity contribution in [3.8, 4) is 5.88 Å². The average Bonchev–Trinajstić information content (AvgIpc) is 2.45. The van der Waals surface area contributed by atoms with Crippen molar-refractivity contribution in [1.82, 2.24) is 4.98 Å². The second-order valence-corrected chi connectivity index (χ2v) is 5.66. The molecule has 3 N–H and O–H groups in total. The molecule has 0 bridgehead atoms. The first kappa shape index (κ1) is 14.3. The number of pyridine rings is 1. The predicted molar refractivity (Wildman–Crippen MR) is 75.9 cm³/mol. The topological polar surface area (TPSA) is 94.3 Å². The molecule has 0 spiro atoms. The van der Waals surface area contributed by atoms with E-state index in [0.29, 0.717) is 12.4 Å². The molecular weight excluding hydrogens is 278 g/mol. The molecule has 0 radical (unpaired) electrons. The van der Waals surface area contributed by atoms with E-state index in [1.165, 1.54) is 12.1 Å². The van der Waals surface area contributed by atoms with Gasteiger partial charge in [0.1, 0.15) is 0 Å². The summed E-state index contributed by atoms with van der Waals surface area (Å²) >= 11 is 0. The van der Waals surface area contributed by atoms with E-state index in [4.69, 9.17) is 9.88 Å². The van der Waals surface area contributed by atoms with E-state index < -0.39 is 10.0 Å². The molecule has 0 amide bonds. The zero-order valence-corrected chi connectivity index (χ0v) is 11.7. The Morgan fingerprint density at radius 2 is 1.95 bits per heavy atom. The summed E-state index contributed by atoms with van der Waals surface area (Å²) in [5.41, 5.74) is 1.69. The minimum atomic E-state index is -3.66. The van der Waals surface area contributed by atoms with Crippen molar-refractivity contribution in [2.75, 3.05) is 12.4 Å². The normalized spacial score (nSPS) is 11.1. The van der Waals surface area contributed by atoms with Gasteiger partial charge < -0.3 is 10.1 Å². The molecule has 0 aliphatic heterocycles. The van der Waals surface area contributed by atoms with Crippen LogP contribution in [0.5, 0.6) is 5.88 Å². The van der Waals surface area contributed by atoms with Crippen LogP contribution in [0.2, 0.25) is 0 Å². The van der Waals surface area contributed by atoms with Crippen LogP contribution >= 0.6 is 0 Å². The van der Waals surface area contributed by atoms with E-state index in [-0.39, 0.29) is 4.90 Å². The van der Waals surface area contributed by atoms with Gasteiger partial charge in [-0.1, -0.05) is 6.07 Å². The first-order chi connectivity index (χ1) is 9.50. The highest BCUT2D eigenvalue weighted by atomic mass is 32.2. The number of sulfonamides is 1. The second-order valence-electron chi connectivity index (χ2n) is 4.09. The number of nitrogens with two attached hydrogens (primary N) is 1. The fraction of sp³-hybridized carbons (Fsp3) is 0.154. The first-order valence-corrected chi connectivity index (χ1v) is 7.40. The number of nitrogens with zero attached hydrogens (tertiary/aromatic N) is 1. The van der Waals surface area contributed by atoms with Gasteiger partial charge in [0, 0.05) is 24.0 Å². The maximum atomic E-state index is 11.1. The molecule has 0 aliphatic rings. The smallest absolute Gasteiger partial charge is 0.238 e. The van der Waals surface area contributed by atoms with E-state index in [0.717, 1.165) is 11.3 Å². The zero-order valence-electron chi connectivity index (χ0n) is 10.9. The van der Waals surface area contributed by atoms with Crippen LogP contribution in [-0.2, 0) is 16.6 Å². The van der Waals surface area contributed by atoms with Crippen molar-refractivity contribution in [3.05, 3.63) is 48.2 Å². The van der Waals surface area contributed by atoms with E-state index in [9.17, 15) is 8.42 Å². The van der Waals surface area contributed by atoms with Crippen molar-refractivity contribution in [3.63, 3.8) is 0 Å². The maximum absolute atomic E-state index is 11.1. The fourth-order valence-electron chi connectivity index (χ4n) is 1.70. The van der Waals surface area contributed by atoms with Crippen molar-refractivity contribution in [2.24, 2.45) is 5.14 Å². The van der Waals surface area contributed by atoms with Crippen LogP contribution in [0.3, 0.4) is 0 Å². The van der Waals surface area contributed by atoms with Gasteiger partial charge in [-0.05, 0) is 30.3 Å². The molecule has 0 aliphatic carbocycles. The summed E-state index contributed by atoms with van der Waals surface area (Å²) in [5, 5.41) is 8.20. The molecule has 0 unspecified atom stereocenters. The number of methoxy groups -OCH3 is 1. The molecule has 1 aromatic carbocycles. The quantitative estimate of drug-likeness (QED) is 0.867. The van der Waals surface area contributed by atoms with Crippen LogP contribution < -0.4 is 15.2 Å². The number of hydrogen-bond acceptors (Lipinski definition) is 5. The fourth-order valence-corrected chi connectivity index (χ4v) is 2.22. The lowest BCUT2D eigenvalue weighted by atomic mass is 10.2. The Hall–Kier alpha value is -2.12. The van der Waals surface area contributed by atoms with Crippen LogP contribution in [-0.4, -0.2) is 20.5 Å². The van der Waals surface area contributed by atoms with Gasteiger partial charge in [-0.3, -0.25) is 0 Å². The summed E-state index contributed by atoms with van der Waals surface area (Å²) in [6.45, 7) is 0.520. The zero-order chi connectivity index (χ0) is 14.6. The van der Waals surface area contributed by atoms with Crippen LogP contribution in [0.25, 0.3) is 0 Å². The van der Waals surface area contributed by atoms with Crippen LogP contribution in [0.15, 0.2) is 47.5 Å². The van der Waals surface area contributed by atoms with Gasteiger partial charge >= 0.3 is 0 Å². The predicted octanol–water partition coefficient (Wildman–Crippen LogP) is 1.35. The number of nitrogens with one attached hydrogen (secondary N) is 1. The molecule has 1 aromatic heterocycles. The van der Waals surface area contributed by atoms with Gasteiger partial charge in [-0.15, -0.1) is 0 Å². The van der Waals surface area contributed by atoms with Crippen LogP contribution in [0.4, 0.5) is 5.69 Å². The van der Waals surface area contributed by atoms with E-state index in [2.05, 4.69) is 10.3 Å². The minimum Gasteiger partial charge on any atom is -0.481 e. The standard InChI is InChI=1S/C13H15N3O3S/c1-19-13-10(3-2-8-15-13)9-16-11-4-6-12(7-5-11)20(14,17)18/h2-8,16H,9H2,1H3,(H2,14,17,18). The molecule has 6 nitrogen and oxygen atoms in total. The maximum Gasteiger partial charge on any atom is 0.238 e. The van der Waals surface area contributed by atoms with Gasteiger partial charge in [-0.25, -0.2) is 18.5 Å². The lowest BCUT2D eigenvalue weighted by molar-refractivity contribution is 0.393. The van der Waals surface area contributed by atoms with Crippen LogP contribution in [0.1, 0.15) is 5.56 Å². The van der Waals surface area contributed by atoms with Gasteiger partial charge in [0.25, 0.3) is 0 Å². The SMILES string of the molecule is COc1ncccc1CNc1ccc(S(N)(=O)=O)cc1. The Kier molecular flexibility index (Phi) is 4.21. The Morgan fingerprint density at radius 3 is 2.55 bits per heavy atom. The van der Waals surface area contributed by atoms with E-state index in [1.54, 1.807) is 25.4 Å². The highest BCUT2D eigenvalue weighted by Crippen LogP contribution is 2.17. The molecule has 1 heterocycles. The third kappa shape index (κ3) is 3.46. The summed E-state index contributed by atoms with van der Waals surface area (Å²) in [6.07, 6.45) is 1.66. The van der Waals surface area contributed by atoms with Gasteiger partial charge in [-0.2, -0.15) is 0 Å². The molecule has 2 aromatic rings. The Labute approximate surface area is 117 Å². The van der Waals surface area contributed by atoms with Crippen molar-refractivity contribution in [2.45, 2.75) is 11.4 Å². The number of rotatable bonds is 5. The highest BCUT2D eigenvalue weighted by molar-refractivity contribution is 7.89. The summed E-state index contributed by atoms with van der Waals surface area (Å²) in [4.78, 5) is 4.18. The van der Waals surface area contributed by atoms with Gasteiger partial charge in [0.05, 0.1) is 12.0 Å². The summed E-state index contributed by atoms with van der Waals surface area (Å²) in [7, 11) is -2.09. The molecule has 0 atom stereocenters. The van der Waals surface area contributed by atoms with Crippen molar-refractivity contribution in [1.29, 1.82) is 0 Å². The lowest BCUT2D eigenvalue weighted by Crippen LogP contribution is -2.12. The minimum absolute atomic E-state index is 0.0852. The molecule has 7 heteroatoms. The second kappa shape index (κ2) is 5.89. The number of hydrogen-bond donors (Lipinski definition) is 2. The largest absolute Gasteiger partial charge is 0.481 e. The summed E-state index contributed by atoms with van der Waals surface area (Å²) in [6, 6.07) is 9.95. The molecule has 2 rings (SSSR count). The van der Waals surface area contributed by atoms with Gasteiger partial charge in [0.15, 0.2) is 0 Å². The van der Waals surface area contributed by atoms with Crippen LogP contribution in [0, 0.1) is 0 Å². The first-order valence-electron chi connectivity index (χ1n) is 5.85. The number of benzene rings is 1. The molecule has 0 saturated heterocycles. The molecular formula is C13H15N3O3S. The Morgan fingerprint density at radius 1 is 1.25 bits per heavy atom. The van der Waals surface area contributed by atoms with Crippen molar-refractivity contribution >= 4 is 15.7 Å². The lowest BCUT2D eigenvalue weighted by Gasteiger charge is -2.09. The highest BCUT2D eigenvalue weighted by Gasteiger charge is 2.07. The number of aromatic nitrogens is 1. The average molecular weight is 293 g/mol. The number of anilines is 1. The van der Waals surface area contributed by atoms with Gasteiger partial charge in [0.2, 0.25) is 15.9 Å². The third-order valence-corrected chi connectivity index (χ3v) is 3.64. The van der Waals surface area contributed by atoms with Crippen molar-refractivity contribution < 1.29 is 13.2 Å². The summed E-state index contributed by atoms with van der Waals surface area (Å²) < 4.78 is 27.4. The Balaban J connectivity index is 2.08. The molecule has 0 saturated carbocycles. The molecule has 20 heavy (non-hydrogen) atoms. The number of ether oxygens (including phenoxy) is 1. The summed E-state index contributed by atoms with van der Waals surface area (Å²) in [5.74, 6) is 0.557. The molecule has 0 fully saturated rings. The Bertz CT molecular complexity index is 684. The number of primary sulfonamides is 1. The van der Waals surface area contributed by atoms with E-state index >= 15 is 0 Å².